The number of nitrogens with one attached hydrogen (secondary N) is 1. The summed E-state index contributed by atoms with van der Waals surface area (Å²) in [5.74, 6) is -0.411. The van der Waals surface area contributed by atoms with Crippen molar-refractivity contribution in [2.75, 3.05) is 11.9 Å². The Labute approximate surface area is 156 Å². The van der Waals surface area contributed by atoms with Crippen LogP contribution in [0.3, 0.4) is 0 Å². The van der Waals surface area contributed by atoms with E-state index in [1.807, 2.05) is 0 Å². The van der Waals surface area contributed by atoms with Gasteiger partial charge in [-0.1, -0.05) is 6.42 Å². The molecule has 142 valence electrons. The highest BCUT2D eigenvalue weighted by atomic mass is 32.2. The Morgan fingerprint density at radius 2 is 1.81 bits per heavy atom. The number of amides is 1. The summed E-state index contributed by atoms with van der Waals surface area (Å²) in [7, 11) is -3.95. The maximum absolute atomic E-state index is 13.0. The Kier molecular flexibility index (Phi) is 5.47. The largest absolute Gasteiger partial charge is 0.325 e. The van der Waals surface area contributed by atoms with Crippen molar-refractivity contribution in [3.05, 3.63) is 58.9 Å². The lowest BCUT2D eigenvalue weighted by atomic mass is 10.0. The summed E-state index contributed by atoms with van der Waals surface area (Å²) in [6.45, 7) is 0.216. The molecule has 2 aromatic rings. The van der Waals surface area contributed by atoms with Crippen molar-refractivity contribution in [1.29, 1.82) is 0 Å². The maximum Gasteiger partial charge on any atom is 0.269 e. The molecule has 1 atom stereocenters. The van der Waals surface area contributed by atoms with Crippen molar-refractivity contribution in [1.82, 2.24) is 9.29 Å². The smallest absolute Gasteiger partial charge is 0.269 e. The SMILES string of the molecule is O=C(Nc1ccncc1)C1CCCCN1S(=O)(=O)c1ccc([N+](=O)[O-])cc1. The predicted molar refractivity (Wildman–Crippen MR) is 97.5 cm³/mol. The van der Waals surface area contributed by atoms with Gasteiger partial charge in [-0.25, -0.2) is 8.42 Å². The molecule has 1 aliphatic rings. The highest BCUT2D eigenvalue weighted by Gasteiger charge is 2.37. The van der Waals surface area contributed by atoms with E-state index in [2.05, 4.69) is 10.3 Å². The molecule has 1 aromatic carbocycles. The van der Waals surface area contributed by atoms with E-state index in [4.69, 9.17) is 0 Å². The van der Waals surface area contributed by atoms with Gasteiger partial charge in [0.25, 0.3) is 5.69 Å². The van der Waals surface area contributed by atoms with E-state index >= 15 is 0 Å². The fourth-order valence-corrected chi connectivity index (χ4v) is 4.65. The minimum atomic E-state index is -3.95. The van der Waals surface area contributed by atoms with Gasteiger partial charge in [0.2, 0.25) is 15.9 Å². The fraction of sp³-hybridized carbons (Fsp3) is 0.294. The van der Waals surface area contributed by atoms with Crippen LogP contribution in [0.15, 0.2) is 53.7 Å². The number of carbonyl (C=O) groups excluding carboxylic acids is 1. The van der Waals surface area contributed by atoms with Crippen molar-refractivity contribution in [3.8, 4) is 0 Å². The molecule has 2 heterocycles. The van der Waals surface area contributed by atoms with E-state index in [0.717, 1.165) is 18.6 Å². The number of nitro groups is 1. The lowest BCUT2D eigenvalue weighted by Crippen LogP contribution is -2.49. The van der Waals surface area contributed by atoms with Gasteiger partial charge in [0.05, 0.1) is 9.82 Å². The minimum absolute atomic E-state index is 0.0725. The summed E-state index contributed by atoms with van der Waals surface area (Å²) in [4.78, 5) is 26.6. The Hall–Kier alpha value is -2.85. The summed E-state index contributed by atoms with van der Waals surface area (Å²) < 4.78 is 27.2. The van der Waals surface area contributed by atoms with Gasteiger partial charge in [0, 0.05) is 36.8 Å². The molecule has 1 fully saturated rings. The highest BCUT2D eigenvalue weighted by molar-refractivity contribution is 7.89. The van der Waals surface area contributed by atoms with Gasteiger partial charge in [-0.05, 0) is 37.1 Å². The van der Waals surface area contributed by atoms with Crippen molar-refractivity contribution >= 4 is 27.3 Å². The average Bonchev–Trinajstić information content (AvgIpc) is 2.69. The summed E-state index contributed by atoms with van der Waals surface area (Å²) in [6, 6.07) is 7.07. The average molecular weight is 390 g/mol. The molecule has 3 rings (SSSR count). The standard InChI is InChI=1S/C17H18N4O5S/c22-17(19-13-8-10-18-11-9-13)16-3-1-2-12-20(16)27(25,26)15-6-4-14(5-7-15)21(23)24/h4-11,16H,1-3,12H2,(H,18,19,22). The Bertz CT molecular complexity index is 932. The Balaban J connectivity index is 1.85. The van der Waals surface area contributed by atoms with Crippen molar-refractivity contribution < 1.29 is 18.1 Å². The molecule has 0 aliphatic carbocycles. The maximum atomic E-state index is 13.0. The van der Waals surface area contributed by atoms with Crippen LogP contribution in [0.2, 0.25) is 0 Å². The van der Waals surface area contributed by atoms with E-state index in [9.17, 15) is 23.3 Å². The first-order valence-electron chi connectivity index (χ1n) is 8.37. The van der Waals surface area contributed by atoms with Gasteiger partial charge in [0.1, 0.15) is 6.04 Å². The van der Waals surface area contributed by atoms with Gasteiger partial charge in [-0.15, -0.1) is 0 Å². The fourth-order valence-electron chi connectivity index (χ4n) is 2.99. The number of anilines is 1. The van der Waals surface area contributed by atoms with Crippen LogP contribution in [-0.2, 0) is 14.8 Å². The van der Waals surface area contributed by atoms with Gasteiger partial charge in [0.15, 0.2) is 0 Å². The predicted octanol–water partition coefficient (Wildman–Crippen LogP) is 2.17. The summed E-state index contributed by atoms with van der Waals surface area (Å²) in [5.41, 5.74) is 0.341. The Morgan fingerprint density at radius 3 is 2.44 bits per heavy atom. The molecule has 0 radical (unpaired) electrons. The monoisotopic (exact) mass is 390 g/mol. The zero-order valence-corrected chi connectivity index (χ0v) is 15.1. The number of hydrogen-bond donors (Lipinski definition) is 1. The third-order valence-corrected chi connectivity index (χ3v) is 6.28. The van der Waals surface area contributed by atoms with Crippen molar-refractivity contribution in [2.45, 2.75) is 30.2 Å². The van der Waals surface area contributed by atoms with E-state index in [-0.39, 0.29) is 17.1 Å². The second kappa shape index (κ2) is 7.80. The molecule has 1 aromatic heterocycles. The molecule has 0 spiro atoms. The van der Waals surface area contributed by atoms with Crippen LogP contribution in [-0.4, -0.2) is 41.1 Å². The number of rotatable bonds is 5. The zero-order valence-electron chi connectivity index (χ0n) is 14.3. The number of sulfonamides is 1. The van der Waals surface area contributed by atoms with Crippen LogP contribution < -0.4 is 5.32 Å². The van der Waals surface area contributed by atoms with Gasteiger partial charge < -0.3 is 5.32 Å². The number of pyridine rings is 1. The van der Waals surface area contributed by atoms with Gasteiger partial charge in [-0.2, -0.15) is 4.31 Å². The normalized spacial score (nSPS) is 18.0. The van der Waals surface area contributed by atoms with E-state index in [1.54, 1.807) is 12.1 Å². The molecule has 1 amide bonds. The number of aromatic nitrogens is 1. The van der Waals surface area contributed by atoms with Crippen LogP contribution >= 0.6 is 0 Å². The Morgan fingerprint density at radius 1 is 1.15 bits per heavy atom. The van der Waals surface area contributed by atoms with E-state index in [1.165, 1.54) is 28.8 Å². The van der Waals surface area contributed by atoms with E-state index in [0.29, 0.717) is 18.5 Å². The molecule has 0 saturated carbocycles. The quantitative estimate of drug-likeness (QED) is 0.617. The van der Waals surface area contributed by atoms with Crippen molar-refractivity contribution in [3.63, 3.8) is 0 Å². The van der Waals surface area contributed by atoms with Crippen LogP contribution in [0.5, 0.6) is 0 Å². The number of non-ortho nitro benzene ring substituents is 1. The van der Waals surface area contributed by atoms with Gasteiger partial charge in [-0.3, -0.25) is 19.9 Å². The van der Waals surface area contributed by atoms with E-state index < -0.39 is 26.9 Å². The first-order valence-corrected chi connectivity index (χ1v) is 9.81. The summed E-state index contributed by atoms with van der Waals surface area (Å²) in [6.07, 6.45) is 4.85. The summed E-state index contributed by atoms with van der Waals surface area (Å²) in [5, 5.41) is 13.5. The van der Waals surface area contributed by atoms with Crippen LogP contribution in [0.1, 0.15) is 19.3 Å². The molecule has 1 saturated heterocycles. The molecular formula is C17H18N4O5S. The van der Waals surface area contributed by atoms with Crippen LogP contribution in [0.25, 0.3) is 0 Å². The molecule has 27 heavy (non-hydrogen) atoms. The number of nitro benzene ring substituents is 1. The second-order valence-electron chi connectivity index (χ2n) is 6.10. The zero-order chi connectivity index (χ0) is 19.4. The lowest BCUT2D eigenvalue weighted by Gasteiger charge is -2.33. The van der Waals surface area contributed by atoms with Crippen LogP contribution in [0.4, 0.5) is 11.4 Å². The number of carbonyl (C=O) groups is 1. The third-order valence-electron chi connectivity index (χ3n) is 4.36. The number of piperidine rings is 1. The molecular weight excluding hydrogens is 372 g/mol. The van der Waals surface area contributed by atoms with Crippen molar-refractivity contribution in [2.24, 2.45) is 0 Å². The number of hydrogen-bond acceptors (Lipinski definition) is 6. The topological polar surface area (TPSA) is 123 Å². The molecule has 10 heteroatoms. The highest BCUT2D eigenvalue weighted by Crippen LogP contribution is 2.27. The lowest BCUT2D eigenvalue weighted by molar-refractivity contribution is -0.384. The summed E-state index contributed by atoms with van der Waals surface area (Å²) >= 11 is 0. The molecule has 1 aliphatic heterocycles. The second-order valence-corrected chi connectivity index (χ2v) is 7.99. The van der Waals surface area contributed by atoms with Gasteiger partial charge >= 0.3 is 0 Å². The number of nitrogens with zero attached hydrogens (tertiary/aromatic N) is 3. The molecule has 0 bridgehead atoms. The third kappa shape index (κ3) is 4.12. The first kappa shape index (κ1) is 18.9. The molecule has 1 unspecified atom stereocenters. The first-order chi connectivity index (χ1) is 12.9. The number of benzene rings is 1. The molecule has 9 nitrogen and oxygen atoms in total. The van der Waals surface area contributed by atoms with Crippen LogP contribution in [0, 0.1) is 10.1 Å². The minimum Gasteiger partial charge on any atom is -0.325 e. The molecule has 1 N–H and O–H groups in total.